The van der Waals surface area contributed by atoms with Gasteiger partial charge in [-0.3, -0.25) is 0 Å². The Morgan fingerprint density at radius 2 is 0.980 bits per heavy atom. The van der Waals surface area contributed by atoms with Crippen LogP contribution in [0, 0.1) is 0 Å². The van der Waals surface area contributed by atoms with Crippen LogP contribution < -0.4 is 9.47 Å². The van der Waals surface area contributed by atoms with E-state index in [0.29, 0.717) is 6.61 Å². The summed E-state index contributed by atoms with van der Waals surface area (Å²) in [5.74, 6) is 1.71. The molecule has 0 amide bonds. The van der Waals surface area contributed by atoms with Gasteiger partial charge in [-0.2, -0.15) is 0 Å². The van der Waals surface area contributed by atoms with Gasteiger partial charge in [0.25, 0.3) is 0 Å². The largest absolute Gasteiger partial charge is 0.491 e. The average molecular weight is 663 g/mol. The summed E-state index contributed by atoms with van der Waals surface area (Å²) in [6.45, 7) is 2.13. The Hall–Kier alpha value is -5.68. The molecule has 2 unspecified atom stereocenters. The molecule has 0 bridgehead atoms. The minimum atomic E-state index is -0.575. The summed E-state index contributed by atoms with van der Waals surface area (Å²) in [5, 5.41) is 9.61. The van der Waals surface area contributed by atoms with Gasteiger partial charge in [0.2, 0.25) is 6.29 Å². The molecule has 2 heterocycles. The van der Waals surface area contributed by atoms with Gasteiger partial charge in [-0.15, -0.1) is 0 Å². The first-order chi connectivity index (χ1) is 25.2. The summed E-state index contributed by atoms with van der Waals surface area (Å²) in [7, 11) is 0. The Bertz CT molecular complexity index is 2600. The lowest BCUT2D eigenvalue weighted by molar-refractivity contribution is -0.165. The van der Waals surface area contributed by atoms with Gasteiger partial charge >= 0.3 is 0 Å². The zero-order valence-corrected chi connectivity index (χ0v) is 28.0. The molecule has 2 aliphatic heterocycles. The maximum Gasteiger partial charge on any atom is 0.202 e. The fourth-order valence-electron chi connectivity index (χ4n) is 8.37. The summed E-state index contributed by atoms with van der Waals surface area (Å²) in [5.41, 5.74) is 7.07. The van der Waals surface area contributed by atoms with Crippen LogP contribution in [-0.4, -0.2) is 32.2 Å². The zero-order chi connectivity index (χ0) is 33.5. The molecule has 4 heteroatoms. The van der Waals surface area contributed by atoms with E-state index in [9.17, 15) is 0 Å². The molecule has 11 rings (SSSR count). The van der Waals surface area contributed by atoms with Crippen molar-refractivity contribution >= 4 is 43.1 Å². The number of epoxide rings is 1. The van der Waals surface area contributed by atoms with Crippen LogP contribution in [0.2, 0.25) is 0 Å². The normalized spacial score (nSPS) is 18.4. The second kappa shape index (κ2) is 11.2. The molecule has 8 aromatic rings. The van der Waals surface area contributed by atoms with Gasteiger partial charge in [0.05, 0.1) is 18.6 Å². The van der Waals surface area contributed by atoms with E-state index in [0.717, 1.165) is 41.9 Å². The first kappa shape index (κ1) is 29.1. The van der Waals surface area contributed by atoms with Crippen LogP contribution in [0.1, 0.15) is 28.7 Å². The highest BCUT2D eigenvalue weighted by molar-refractivity contribution is 6.01. The van der Waals surface area contributed by atoms with Crippen molar-refractivity contribution in [1.29, 1.82) is 0 Å². The summed E-state index contributed by atoms with van der Waals surface area (Å²) < 4.78 is 23.1. The molecule has 2 saturated heterocycles. The van der Waals surface area contributed by atoms with Crippen LogP contribution in [0.25, 0.3) is 54.2 Å². The first-order valence-corrected chi connectivity index (χ1v) is 17.9. The van der Waals surface area contributed by atoms with E-state index < -0.39 is 5.41 Å². The van der Waals surface area contributed by atoms with E-state index in [-0.39, 0.29) is 12.4 Å². The Labute approximate surface area is 295 Å². The second-order valence-corrected chi connectivity index (χ2v) is 14.2. The number of benzene rings is 8. The molecule has 4 nitrogen and oxygen atoms in total. The lowest BCUT2D eigenvalue weighted by atomic mass is 9.66. The average Bonchev–Trinajstić information content (AvgIpc) is 3.95. The highest BCUT2D eigenvalue weighted by atomic mass is 16.7. The highest BCUT2D eigenvalue weighted by Crippen LogP contribution is 2.58. The minimum Gasteiger partial charge on any atom is -0.491 e. The van der Waals surface area contributed by atoms with E-state index in [1.165, 1.54) is 65.7 Å². The minimum absolute atomic E-state index is 0.149. The van der Waals surface area contributed by atoms with E-state index in [4.69, 9.17) is 18.9 Å². The third-order valence-electron chi connectivity index (χ3n) is 11.1. The van der Waals surface area contributed by atoms with Crippen molar-refractivity contribution in [3.63, 3.8) is 0 Å². The number of hydrogen-bond donors (Lipinski definition) is 0. The van der Waals surface area contributed by atoms with Crippen LogP contribution in [0.3, 0.4) is 0 Å². The van der Waals surface area contributed by atoms with Crippen LogP contribution in [0.15, 0.2) is 146 Å². The SMILES string of the molecule is c1ccc2cc3c(cc2c1)-c1cc2ccccc2cc1C3(c1ccc2cc(OCC3CO3)ccc2c1)c1ccc2cc(OC3CCO3)ccc2c1. The quantitative estimate of drug-likeness (QED) is 0.159. The van der Waals surface area contributed by atoms with E-state index in [2.05, 4.69) is 146 Å². The van der Waals surface area contributed by atoms with Gasteiger partial charge in [-0.05, 0) is 137 Å². The smallest absolute Gasteiger partial charge is 0.202 e. The van der Waals surface area contributed by atoms with E-state index in [1.807, 2.05) is 0 Å². The molecule has 0 saturated carbocycles. The third-order valence-corrected chi connectivity index (χ3v) is 11.1. The summed E-state index contributed by atoms with van der Waals surface area (Å²) in [6, 6.07) is 54.0. The third kappa shape index (κ3) is 4.67. The molecule has 0 N–H and O–H groups in total. The standard InChI is InChI=1S/C47H34O4/c1-3-7-31-25-44-42(23-29(31)5-1)43-24-30-6-2-4-8-32(30)26-45(43)47(44,37-13-9-35-21-39(15-11-33(35)19-37)49-27-41-28-50-41)38-14-10-36-22-40(16-12-34(36)20-38)51-46-17-18-48-46/h1-16,19-26,41,46H,17-18,27-28H2. The summed E-state index contributed by atoms with van der Waals surface area (Å²) in [4.78, 5) is 0. The molecule has 2 fully saturated rings. The molecular formula is C47H34O4. The molecule has 51 heavy (non-hydrogen) atoms. The first-order valence-electron chi connectivity index (χ1n) is 17.9. The summed E-state index contributed by atoms with van der Waals surface area (Å²) >= 11 is 0. The van der Waals surface area contributed by atoms with E-state index in [1.54, 1.807) is 0 Å². The Balaban J connectivity index is 1.18. The van der Waals surface area contributed by atoms with Crippen molar-refractivity contribution in [2.24, 2.45) is 0 Å². The maximum absolute atomic E-state index is 6.09. The number of fused-ring (bicyclic) bond motifs is 7. The lowest BCUT2D eigenvalue weighted by Crippen LogP contribution is -2.32. The second-order valence-electron chi connectivity index (χ2n) is 14.2. The van der Waals surface area contributed by atoms with Gasteiger partial charge < -0.3 is 18.9 Å². The lowest BCUT2D eigenvalue weighted by Gasteiger charge is -2.34. The predicted molar refractivity (Wildman–Crippen MR) is 204 cm³/mol. The van der Waals surface area contributed by atoms with Crippen molar-refractivity contribution in [2.45, 2.75) is 24.2 Å². The predicted octanol–water partition coefficient (Wildman–Crippen LogP) is 10.6. The van der Waals surface area contributed by atoms with Gasteiger partial charge in [-0.1, -0.05) is 84.9 Å². The molecule has 1 aliphatic carbocycles. The van der Waals surface area contributed by atoms with Crippen molar-refractivity contribution < 1.29 is 18.9 Å². The Morgan fingerprint density at radius 1 is 0.510 bits per heavy atom. The molecule has 0 spiro atoms. The van der Waals surface area contributed by atoms with Crippen LogP contribution in [0.5, 0.6) is 11.5 Å². The monoisotopic (exact) mass is 662 g/mol. The van der Waals surface area contributed by atoms with Crippen molar-refractivity contribution in [2.75, 3.05) is 19.8 Å². The highest BCUT2D eigenvalue weighted by Gasteiger charge is 2.47. The number of ether oxygens (including phenoxy) is 4. The Kier molecular flexibility index (Phi) is 6.37. The maximum atomic E-state index is 6.09. The van der Waals surface area contributed by atoms with Crippen LogP contribution in [0.4, 0.5) is 0 Å². The number of rotatable bonds is 7. The zero-order valence-electron chi connectivity index (χ0n) is 28.0. The Morgan fingerprint density at radius 3 is 1.51 bits per heavy atom. The fourth-order valence-corrected chi connectivity index (χ4v) is 8.37. The molecule has 3 aliphatic rings. The van der Waals surface area contributed by atoms with Crippen molar-refractivity contribution in [3.05, 3.63) is 168 Å². The van der Waals surface area contributed by atoms with Crippen molar-refractivity contribution in [1.82, 2.24) is 0 Å². The van der Waals surface area contributed by atoms with Gasteiger partial charge in [0, 0.05) is 6.42 Å². The number of hydrogen-bond acceptors (Lipinski definition) is 4. The molecule has 246 valence electrons. The van der Waals surface area contributed by atoms with Gasteiger partial charge in [0.1, 0.15) is 24.2 Å². The topological polar surface area (TPSA) is 40.2 Å². The van der Waals surface area contributed by atoms with Crippen molar-refractivity contribution in [3.8, 4) is 22.6 Å². The molecule has 0 radical (unpaired) electrons. The van der Waals surface area contributed by atoms with Crippen LogP contribution in [-0.2, 0) is 14.9 Å². The molecule has 2 atom stereocenters. The van der Waals surface area contributed by atoms with Gasteiger partial charge in [-0.25, -0.2) is 0 Å². The van der Waals surface area contributed by atoms with Crippen LogP contribution >= 0.6 is 0 Å². The summed E-state index contributed by atoms with van der Waals surface area (Å²) in [6.07, 6.45) is 0.997. The molecule has 0 aromatic heterocycles. The molecular weight excluding hydrogens is 629 g/mol. The van der Waals surface area contributed by atoms with Gasteiger partial charge in [0.15, 0.2) is 0 Å². The molecule has 8 aromatic carbocycles. The van der Waals surface area contributed by atoms with E-state index >= 15 is 0 Å². The fraction of sp³-hybridized carbons (Fsp3) is 0.149.